The van der Waals surface area contributed by atoms with Crippen molar-refractivity contribution in [3.63, 3.8) is 0 Å². The quantitative estimate of drug-likeness (QED) is 0.913. The van der Waals surface area contributed by atoms with E-state index in [-0.39, 0.29) is 11.3 Å². The zero-order valence-corrected chi connectivity index (χ0v) is 14.8. The molecule has 128 valence electrons. The standard InChI is InChI=1S/C16H26N4O2S/c1-12-18-14(11-16(17-2)19-12)15-9-6-10-20(15)23(21,22)13-7-4-3-5-8-13/h11,13,15H,3-10H2,1-2H3,(H,17,18,19). The summed E-state index contributed by atoms with van der Waals surface area (Å²) in [6, 6.07) is 1.74. The minimum absolute atomic E-state index is 0.143. The molecule has 1 aromatic rings. The number of hydrogen-bond donors (Lipinski definition) is 1. The monoisotopic (exact) mass is 338 g/mol. The molecule has 23 heavy (non-hydrogen) atoms. The molecule has 1 N–H and O–H groups in total. The maximum absolute atomic E-state index is 13.1. The lowest BCUT2D eigenvalue weighted by molar-refractivity contribution is 0.369. The van der Waals surface area contributed by atoms with E-state index in [9.17, 15) is 8.42 Å². The van der Waals surface area contributed by atoms with Crippen molar-refractivity contribution in [2.45, 2.75) is 63.2 Å². The van der Waals surface area contributed by atoms with Crippen LogP contribution in [0.25, 0.3) is 0 Å². The summed E-state index contributed by atoms with van der Waals surface area (Å²) in [6.45, 7) is 2.46. The van der Waals surface area contributed by atoms with Crippen molar-refractivity contribution >= 4 is 15.8 Å². The summed E-state index contributed by atoms with van der Waals surface area (Å²) in [5, 5.41) is 2.82. The number of hydrogen-bond acceptors (Lipinski definition) is 5. The maximum Gasteiger partial charge on any atom is 0.217 e. The fraction of sp³-hybridized carbons (Fsp3) is 0.750. The minimum atomic E-state index is -3.24. The zero-order valence-electron chi connectivity index (χ0n) is 14.0. The van der Waals surface area contributed by atoms with Gasteiger partial charge in [0.25, 0.3) is 0 Å². The van der Waals surface area contributed by atoms with Crippen molar-refractivity contribution in [2.75, 3.05) is 18.9 Å². The molecular weight excluding hydrogens is 312 g/mol. The van der Waals surface area contributed by atoms with Crippen molar-refractivity contribution < 1.29 is 8.42 Å². The number of sulfonamides is 1. The summed E-state index contributed by atoms with van der Waals surface area (Å²) in [5.74, 6) is 1.42. The number of nitrogens with one attached hydrogen (secondary N) is 1. The van der Waals surface area contributed by atoms with Crippen molar-refractivity contribution in [3.05, 3.63) is 17.6 Å². The van der Waals surface area contributed by atoms with Crippen LogP contribution in [-0.4, -0.2) is 41.5 Å². The second-order valence-electron chi connectivity index (χ2n) is 6.55. The molecule has 1 saturated heterocycles. The first-order valence-corrected chi connectivity index (χ1v) is 10.1. The largest absolute Gasteiger partial charge is 0.373 e. The van der Waals surface area contributed by atoms with E-state index >= 15 is 0 Å². The van der Waals surface area contributed by atoms with E-state index in [1.165, 1.54) is 0 Å². The molecule has 1 aliphatic heterocycles. The first-order chi connectivity index (χ1) is 11.0. The Balaban J connectivity index is 1.89. The molecule has 0 spiro atoms. The summed E-state index contributed by atoms with van der Waals surface area (Å²) in [7, 11) is -1.42. The predicted octanol–water partition coefficient (Wildman–Crippen LogP) is 2.63. The third-order valence-electron chi connectivity index (χ3n) is 4.96. The Kier molecular flexibility index (Phi) is 4.87. The Morgan fingerprint density at radius 2 is 1.87 bits per heavy atom. The lowest BCUT2D eigenvalue weighted by Crippen LogP contribution is -2.39. The second-order valence-corrected chi connectivity index (χ2v) is 8.71. The Morgan fingerprint density at radius 1 is 1.13 bits per heavy atom. The third-order valence-corrected chi connectivity index (χ3v) is 7.36. The zero-order chi connectivity index (χ0) is 16.4. The smallest absolute Gasteiger partial charge is 0.217 e. The average molecular weight is 338 g/mol. The van der Waals surface area contributed by atoms with E-state index in [1.807, 2.05) is 20.0 Å². The molecule has 1 aliphatic carbocycles. The van der Waals surface area contributed by atoms with Gasteiger partial charge < -0.3 is 5.32 Å². The minimum Gasteiger partial charge on any atom is -0.373 e. The first-order valence-electron chi connectivity index (χ1n) is 8.56. The van der Waals surface area contributed by atoms with Gasteiger partial charge in [0.1, 0.15) is 11.6 Å². The Hall–Kier alpha value is -1.21. The summed E-state index contributed by atoms with van der Waals surface area (Å²) < 4.78 is 27.9. The fourth-order valence-electron chi connectivity index (χ4n) is 3.78. The number of anilines is 1. The molecular formula is C16H26N4O2S. The Morgan fingerprint density at radius 3 is 2.57 bits per heavy atom. The van der Waals surface area contributed by atoms with Gasteiger partial charge in [-0.05, 0) is 32.6 Å². The number of rotatable bonds is 4. The van der Waals surface area contributed by atoms with E-state index in [1.54, 1.807) is 4.31 Å². The molecule has 2 heterocycles. The molecule has 0 radical (unpaired) electrons. The highest BCUT2D eigenvalue weighted by molar-refractivity contribution is 7.89. The van der Waals surface area contributed by atoms with Gasteiger partial charge in [0, 0.05) is 19.7 Å². The van der Waals surface area contributed by atoms with Gasteiger partial charge >= 0.3 is 0 Å². The molecule has 2 aliphatic rings. The highest BCUT2D eigenvalue weighted by atomic mass is 32.2. The van der Waals surface area contributed by atoms with Crippen molar-refractivity contribution in [2.24, 2.45) is 0 Å². The molecule has 0 bridgehead atoms. The van der Waals surface area contributed by atoms with Crippen LogP contribution in [0.5, 0.6) is 0 Å². The molecule has 3 rings (SSSR count). The summed E-state index contributed by atoms with van der Waals surface area (Å²) in [5.41, 5.74) is 0.818. The number of aromatic nitrogens is 2. The van der Waals surface area contributed by atoms with Crippen LogP contribution in [0.1, 0.15) is 62.5 Å². The van der Waals surface area contributed by atoms with E-state index in [0.717, 1.165) is 56.5 Å². The molecule has 1 unspecified atom stereocenters. The molecule has 1 saturated carbocycles. The summed E-state index contributed by atoms with van der Waals surface area (Å²) >= 11 is 0. The fourth-order valence-corrected chi connectivity index (χ4v) is 6.05. The molecule has 1 aromatic heterocycles. The highest BCUT2D eigenvalue weighted by Crippen LogP contribution is 2.37. The van der Waals surface area contributed by atoms with Crippen LogP contribution in [-0.2, 0) is 10.0 Å². The highest BCUT2D eigenvalue weighted by Gasteiger charge is 2.40. The average Bonchev–Trinajstić information content (AvgIpc) is 3.05. The van der Waals surface area contributed by atoms with Crippen LogP contribution in [0.2, 0.25) is 0 Å². The van der Waals surface area contributed by atoms with Crippen LogP contribution < -0.4 is 5.32 Å². The normalized spacial score (nSPS) is 24.0. The second kappa shape index (κ2) is 6.73. The summed E-state index contributed by atoms with van der Waals surface area (Å²) in [6.07, 6.45) is 6.55. The molecule has 1 atom stereocenters. The van der Waals surface area contributed by atoms with E-state index in [4.69, 9.17) is 0 Å². The van der Waals surface area contributed by atoms with E-state index < -0.39 is 10.0 Å². The maximum atomic E-state index is 13.1. The van der Waals surface area contributed by atoms with Crippen LogP contribution in [0.3, 0.4) is 0 Å². The molecule has 0 amide bonds. The predicted molar refractivity (Wildman–Crippen MR) is 90.8 cm³/mol. The van der Waals surface area contributed by atoms with Crippen LogP contribution >= 0.6 is 0 Å². The van der Waals surface area contributed by atoms with Crippen molar-refractivity contribution in [3.8, 4) is 0 Å². The van der Waals surface area contributed by atoms with E-state index in [2.05, 4.69) is 15.3 Å². The molecule has 2 fully saturated rings. The summed E-state index contributed by atoms with van der Waals surface area (Å²) in [4.78, 5) is 8.83. The number of aryl methyl sites for hydroxylation is 1. The van der Waals surface area contributed by atoms with Gasteiger partial charge in [0.05, 0.1) is 17.0 Å². The van der Waals surface area contributed by atoms with Gasteiger partial charge in [0.2, 0.25) is 10.0 Å². The third kappa shape index (κ3) is 3.35. The molecule has 7 heteroatoms. The molecule has 0 aromatic carbocycles. The SMILES string of the molecule is CNc1cc(C2CCCN2S(=O)(=O)C2CCCCC2)nc(C)n1. The number of nitrogens with zero attached hydrogens (tertiary/aromatic N) is 3. The van der Waals surface area contributed by atoms with Crippen LogP contribution in [0.4, 0.5) is 5.82 Å². The first kappa shape index (κ1) is 16.6. The Labute approximate surface area is 138 Å². The van der Waals surface area contributed by atoms with Gasteiger partial charge in [-0.25, -0.2) is 18.4 Å². The topological polar surface area (TPSA) is 75.2 Å². The van der Waals surface area contributed by atoms with Crippen molar-refractivity contribution in [1.82, 2.24) is 14.3 Å². The van der Waals surface area contributed by atoms with Crippen LogP contribution in [0.15, 0.2) is 6.07 Å². The Bertz CT molecular complexity index is 656. The van der Waals surface area contributed by atoms with E-state index in [0.29, 0.717) is 12.4 Å². The van der Waals surface area contributed by atoms with Gasteiger partial charge in [-0.3, -0.25) is 0 Å². The van der Waals surface area contributed by atoms with Gasteiger partial charge in [-0.1, -0.05) is 19.3 Å². The van der Waals surface area contributed by atoms with Crippen molar-refractivity contribution in [1.29, 1.82) is 0 Å². The lowest BCUT2D eigenvalue weighted by atomic mass is 10.0. The van der Waals surface area contributed by atoms with Crippen LogP contribution in [0, 0.1) is 6.92 Å². The van der Waals surface area contributed by atoms with Gasteiger partial charge in [-0.2, -0.15) is 4.31 Å². The molecule has 6 nitrogen and oxygen atoms in total. The van der Waals surface area contributed by atoms with Gasteiger partial charge in [-0.15, -0.1) is 0 Å². The lowest BCUT2D eigenvalue weighted by Gasteiger charge is -2.30. The van der Waals surface area contributed by atoms with Gasteiger partial charge in [0.15, 0.2) is 0 Å².